The number of halogens is 1. The van der Waals surface area contributed by atoms with Crippen molar-refractivity contribution in [3.63, 3.8) is 0 Å². The summed E-state index contributed by atoms with van der Waals surface area (Å²) in [5, 5.41) is 3.57. The predicted octanol–water partition coefficient (Wildman–Crippen LogP) is 3.33. The zero-order valence-corrected chi connectivity index (χ0v) is 12.4. The van der Waals surface area contributed by atoms with Crippen LogP contribution in [-0.4, -0.2) is 11.7 Å². The Morgan fingerprint density at radius 1 is 1.10 bits per heavy atom. The Morgan fingerprint density at radius 2 is 1.75 bits per heavy atom. The molecule has 0 saturated heterocycles. The Labute approximate surface area is 127 Å². The number of carbonyl (C=O) groups excluding carboxylic acids is 1. The molecule has 0 fully saturated rings. The molecule has 3 nitrogen and oxygen atoms in total. The Kier molecular flexibility index (Phi) is 5.32. The average Bonchev–Trinajstić information content (AvgIpc) is 2.46. The van der Waals surface area contributed by atoms with Crippen LogP contribution in [0.25, 0.3) is 0 Å². The highest BCUT2D eigenvalue weighted by molar-refractivity contribution is 8.00. The number of benzene rings is 2. The topological polar surface area (TPSA) is 55.1 Å². The summed E-state index contributed by atoms with van der Waals surface area (Å²) in [6.45, 7) is 0.512. The van der Waals surface area contributed by atoms with Crippen LogP contribution in [0, 0.1) is 0 Å². The minimum atomic E-state index is 0.00164. The summed E-state index contributed by atoms with van der Waals surface area (Å²) in [5.74, 6) is 0.388. The number of carbonyl (C=O) groups is 1. The molecule has 0 aromatic heterocycles. The fourth-order valence-electron chi connectivity index (χ4n) is 1.57. The Hall–Kier alpha value is -1.65. The number of hydrogen-bond acceptors (Lipinski definition) is 3. The van der Waals surface area contributed by atoms with Crippen molar-refractivity contribution in [3.05, 3.63) is 59.1 Å². The van der Waals surface area contributed by atoms with Gasteiger partial charge < -0.3 is 11.1 Å². The second kappa shape index (κ2) is 7.22. The molecule has 0 bridgehead atoms. The molecular formula is C15H15ClN2OS. The average molecular weight is 307 g/mol. The molecule has 104 valence electrons. The number of nitrogens with one attached hydrogen (secondary N) is 1. The molecule has 20 heavy (non-hydrogen) atoms. The van der Waals surface area contributed by atoms with Gasteiger partial charge in [-0.3, -0.25) is 4.79 Å². The van der Waals surface area contributed by atoms with Crippen LogP contribution in [0.5, 0.6) is 0 Å². The zero-order valence-electron chi connectivity index (χ0n) is 10.8. The van der Waals surface area contributed by atoms with Gasteiger partial charge in [-0.15, -0.1) is 11.8 Å². The maximum Gasteiger partial charge on any atom is 0.230 e. The molecule has 3 N–H and O–H groups in total. The zero-order chi connectivity index (χ0) is 14.4. The molecule has 2 aromatic carbocycles. The van der Waals surface area contributed by atoms with Gasteiger partial charge in [0.05, 0.1) is 5.75 Å². The van der Waals surface area contributed by atoms with Crippen molar-refractivity contribution in [2.24, 2.45) is 0 Å². The third-order valence-electron chi connectivity index (χ3n) is 2.65. The number of hydrogen-bond donors (Lipinski definition) is 2. The number of amides is 1. The third kappa shape index (κ3) is 4.79. The first-order valence-electron chi connectivity index (χ1n) is 6.13. The summed E-state index contributed by atoms with van der Waals surface area (Å²) in [6.07, 6.45) is 0. The van der Waals surface area contributed by atoms with Gasteiger partial charge in [0.25, 0.3) is 0 Å². The lowest BCUT2D eigenvalue weighted by molar-refractivity contribution is -0.118. The standard InChI is InChI=1S/C15H15ClN2OS/c16-12-3-1-11(2-4-12)9-18-15(19)10-20-14-7-5-13(17)6-8-14/h1-8H,9-10,17H2,(H,18,19). The van der Waals surface area contributed by atoms with Crippen molar-refractivity contribution in [2.45, 2.75) is 11.4 Å². The molecule has 0 aliphatic heterocycles. The highest BCUT2D eigenvalue weighted by Crippen LogP contribution is 2.18. The Morgan fingerprint density at radius 3 is 2.40 bits per heavy atom. The van der Waals surface area contributed by atoms with Gasteiger partial charge in [-0.05, 0) is 42.0 Å². The number of rotatable bonds is 5. The van der Waals surface area contributed by atoms with Crippen molar-refractivity contribution >= 4 is 35.0 Å². The molecule has 0 heterocycles. The van der Waals surface area contributed by atoms with Crippen LogP contribution in [0.3, 0.4) is 0 Å². The number of nitrogen functional groups attached to an aromatic ring is 1. The fourth-order valence-corrected chi connectivity index (χ4v) is 2.42. The van der Waals surface area contributed by atoms with Gasteiger partial charge in [-0.25, -0.2) is 0 Å². The van der Waals surface area contributed by atoms with Gasteiger partial charge >= 0.3 is 0 Å². The van der Waals surface area contributed by atoms with E-state index in [0.717, 1.165) is 16.1 Å². The number of nitrogens with two attached hydrogens (primary N) is 1. The van der Waals surface area contributed by atoms with Crippen LogP contribution < -0.4 is 11.1 Å². The van der Waals surface area contributed by atoms with Gasteiger partial charge in [-0.1, -0.05) is 23.7 Å². The number of anilines is 1. The van der Waals surface area contributed by atoms with Crippen LogP contribution in [0.15, 0.2) is 53.4 Å². The first kappa shape index (κ1) is 14.8. The summed E-state index contributed by atoms with van der Waals surface area (Å²) in [4.78, 5) is 12.8. The molecule has 0 saturated carbocycles. The van der Waals surface area contributed by atoms with Gasteiger partial charge in [0.1, 0.15) is 0 Å². The lowest BCUT2D eigenvalue weighted by Crippen LogP contribution is -2.24. The van der Waals surface area contributed by atoms with Gasteiger partial charge in [0, 0.05) is 22.2 Å². The summed E-state index contributed by atoms with van der Waals surface area (Å²) in [6, 6.07) is 14.9. The van der Waals surface area contributed by atoms with Crippen molar-refractivity contribution in [1.29, 1.82) is 0 Å². The first-order chi connectivity index (χ1) is 9.63. The SMILES string of the molecule is Nc1ccc(SCC(=O)NCc2ccc(Cl)cc2)cc1. The van der Waals surface area contributed by atoms with E-state index in [0.29, 0.717) is 17.3 Å². The van der Waals surface area contributed by atoms with Gasteiger partial charge in [0.15, 0.2) is 0 Å². The molecule has 2 rings (SSSR count). The third-order valence-corrected chi connectivity index (χ3v) is 3.92. The molecule has 0 atom stereocenters. The van der Waals surface area contributed by atoms with Crippen molar-refractivity contribution < 1.29 is 4.79 Å². The minimum absolute atomic E-state index is 0.00164. The van der Waals surface area contributed by atoms with E-state index < -0.39 is 0 Å². The minimum Gasteiger partial charge on any atom is -0.399 e. The second-order valence-electron chi connectivity index (χ2n) is 4.26. The molecule has 0 spiro atoms. The van der Waals surface area contributed by atoms with E-state index in [4.69, 9.17) is 17.3 Å². The lowest BCUT2D eigenvalue weighted by atomic mass is 10.2. The Balaban J connectivity index is 1.75. The van der Waals surface area contributed by atoms with Crippen molar-refractivity contribution in [2.75, 3.05) is 11.5 Å². The predicted molar refractivity (Wildman–Crippen MR) is 84.9 cm³/mol. The Bertz CT molecular complexity index is 518. The molecule has 0 unspecified atom stereocenters. The van der Waals surface area contributed by atoms with Crippen LogP contribution in [0.1, 0.15) is 5.56 Å². The van der Waals surface area contributed by atoms with E-state index in [-0.39, 0.29) is 5.91 Å². The summed E-state index contributed by atoms with van der Waals surface area (Å²) >= 11 is 7.29. The van der Waals surface area contributed by atoms with E-state index in [9.17, 15) is 4.79 Å². The molecular weight excluding hydrogens is 292 g/mol. The largest absolute Gasteiger partial charge is 0.399 e. The highest BCUT2D eigenvalue weighted by Gasteiger charge is 2.03. The fraction of sp³-hybridized carbons (Fsp3) is 0.133. The van der Waals surface area contributed by atoms with Crippen LogP contribution >= 0.6 is 23.4 Å². The van der Waals surface area contributed by atoms with Crippen LogP contribution in [0.4, 0.5) is 5.69 Å². The van der Waals surface area contributed by atoms with E-state index in [2.05, 4.69) is 5.32 Å². The van der Waals surface area contributed by atoms with Crippen molar-refractivity contribution in [3.8, 4) is 0 Å². The molecule has 0 aliphatic rings. The normalized spacial score (nSPS) is 10.2. The maximum atomic E-state index is 11.7. The maximum absolute atomic E-state index is 11.7. The van der Waals surface area contributed by atoms with Crippen LogP contribution in [-0.2, 0) is 11.3 Å². The quantitative estimate of drug-likeness (QED) is 0.658. The summed E-state index contributed by atoms with van der Waals surface area (Å²) in [5.41, 5.74) is 7.36. The smallest absolute Gasteiger partial charge is 0.230 e. The van der Waals surface area contributed by atoms with E-state index in [1.807, 2.05) is 48.5 Å². The summed E-state index contributed by atoms with van der Waals surface area (Å²) in [7, 11) is 0. The number of thioether (sulfide) groups is 1. The molecule has 0 aliphatic carbocycles. The molecule has 5 heteroatoms. The van der Waals surface area contributed by atoms with Gasteiger partial charge in [-0.2, -0.15) is 0 Å². The van der Waals surface area contributed by atoms with E-state index in [1.165, 1.54) is 11.8 Å². The molecule has 0 radical (unpaired) electrons. The highest BCUT2D eigenvalue weighted by atomic mass is 35.5. The monoisotopic (exact) mass is 306 g/mol. The van der Waals surface area contributed by atoms with Gasteiger partial charge in [0.2, 0.25) is 5.91 Å². The van der Waals surface area contributed by atoms with E-state index in [1.54, 1.807) is 0 Å². The molecule has 1 amide bonds. The van der Waals surface area contributed by atoms with Crippen molar-refractivity contribution in [1.82, 2.24) is 5.32 Å². The molecule has 2 aromatic rings. The van der Waals surface area contributed by atoms with Crippen LogP contribution in [0.2, 0.25) is 5.02 Å². The lowest BCUT2D eigenvalue weighted by Gasteiger charge is -2.06. The van der Waals surface area contributed by atoms with E-state index >= 15 is 0 Å². The summed E-state index contributed by atoms with van der Waals surface area (Å²) < 4.78 is 0. The second-order valence-corrected chi connectivity index (χ2v) is 5.75. The first-order valence-corrected chi connectivity index (χ1v) is 7.49.